The van der Waals surface area contributed by atoms with Crippen LogP contribution in [0, 0.1) is 6.92 Å². The number of nitrogens with zero attached hydrogens (tertiary/aromatic N) is 4. The van der Waals surface area contributed by atoms with Gasteiger partial charge >= 0.3 is 0 Å². The lowest BCUT2D eigenvalue weighted by Crippen LogP contribution is -2.31. The number of hydrogen-bond acceptors (Lipinski definition) is 9. The van der Waals surface area contributed by atoms with E-state index in [0.29, 0.717) is 55.9 Å². The summed E-state index contributed by atoms with van der Waals surface area (Å²) >= 11 is 1.41. The standard InChI is InChI=1S/C18H18N4O5S2/c1-11-16(28-10-19-11)18-21-20-17(27-18)13-3-2-6-22(13)29(23,24)12-4-5-14-15(9-12)26-8-7-25-14/h4-5,9-10,13H,2-3,6-8H2,1H3/t13-/m1/s1. The summed E-state index contributed by atoms with van der Waals surface area (Å²) in [6.45, 7) is 3.10. The smallest absolute Gasteiger partial charge is 0.259 e. The highest BCUT2D eigenvalue weighted by atomic mass is 32.2. The van der Waals surface area contributed by atoms with E-state index in [0.717, 1.165) is 10.6 Å². The molecule has 0 spiro atoms. The van der Waals surface area contributed by atoms with Gasteiger partial charge in [-0.3, -0.25) is 0 Å². The fourth-order valence-corrected chi connectivity index (χ4v) is 5.95. The Morgan fingerprint density at radius 2 is 2.00 bits per heavy atom. The number of rotatable bonds is 4. The Balaban J connectivity index is 1.46. The van der Waals surface area contributed by atoms with Crippen LogP contribution < -0.4 is 9.47 Å². The molecule has 1 saturated heterocycles. The molecule has 0 aliphatic carbocycles. The summed E-state index contributed by atoms with van der Waals surface area (Å²) in [7, 11) is -3.76. The monoisotopic (exact) mass is 434 g/mol. The number of hydrogen-bond donors (Lipinski definition) is 0. The van der Waals surface area contributed by atoms with E-state index in [1.807, 2.05) is 6.92 Å². The van der Waals surface area contributed by atoms with Crippen molar-refractivity contribution in [3.05, 3.63) is 35.3 Å². The average Bonchev–Trinajstić information content (AvgIpc) is 3.47. The van der Waals surface area contributed by atoms with Gasteiger partial charge in [0.05, 0.1) is 16.1 Å². The Hall–Kier alpha value is -2.50. The van der Waals surface area contributed by atoms with Crippen LogP contribution in [0.2, 0.25) is 0 Å². The largest absolute Gasteiger partial charge is 0.486 e. The number of benzene rings is 1. The number of aryl methyl sites for hydroxylation is 1. The number of thiazole rings is 1. The fraction of sp³-hybridized carbons (Fsp3) is 0.389. The summed E-state index contributed by atoms with van der Waals surface area (Å²) in [4.78, 5) is 5.14. The van der Waals surface area contributed by atoms with Gasteiger partial charge in [0.2, 0.25) is 15.9 Å². The van der Waals surface area contributed by atoms with Gasteiger partial charge in [-0.15, -0.1) is 21.5 Å². The number of sulfonamides is 1. The third-order valence-electron chi connectivity index (χ3n) is 4.99. The predicted molar refractivity (Wildman–Crippen MR) is 103 cm³/mol. The number of ether oxygens (including phenoxy) is 2. The van der Waals surface area contributed by atoms with Crippen LogP contribution in [0.4, 0.5) is 0 Å². The molecule has 0 radical (unpaired) electrons. The second-order valence-corrected chi connectivity index (χ2v) is 9.54. The molecule has 1 fully saturated rings. The first-order chi connectivity index (χ1) is 14.0. The molecule has 0 unspecified atom stereocenters. The molecule has 1 aromatic carbocycles. The zero-order valence-corrected chi connectivity index (χ0v) is 17.2. The molecular weight excluding hydrogens is 416 g/mol. The summed E-state index contributed by atoms with van der Waals surface area (Å²) < 4.78 is 44.9. The lowest BCUT2D eigenvalue weighted by Gasteiger charge is -2.23. The SMILES string of the molecule is Cc1ncsc1-c1nnc([C@H]2CCCN2S(=O)(=O)c2ccc3c(c2)OCCO3)o1. The van der Waals surface area contributed by atoms with E-state index < -0.39 is 16.1 Å². The molecule has 2 aliphatic heterocycles. The van der Waals surface area contributed by atoms with Gasteiger partial charge in [-0.2, -0.15) is 4.31 Å². The van der Waals surface area contributed by atoms with Crippen molar-refractivity contribution in [2.24, 2.45) is 0 Å². The first-order valence-electron chi connectivity index (χ1n) is 9.19. The van der Waals surface area contributed by atoms with Crippen LogP contribution in [0.5, 0.6) is 11.5 Å². The summed E-state index contributed by atoms with van der Waals surface area (Å²) in [5.74, 6) is 1.65. The van der Waals surface area contributed by atoms with Crippen LogP contribution in [-0.2, 0) is 10.0 Å². The predicted octanol–water partition coefficient (Wildman–Crippen LogP) is 2.80. The summed E-state index contributed by atoms with van der Waals surface area (Å²) in [6.07, 6.45) is 1.33. The van der Waals surface area contributed by atoms with Crippen molar-refractivity contribution in [1.29, 1.82) is 0 Å². The van der Waals surface area contributed by atoms with Crippen molar-refractivity contribution in [2.75, 3.05) is 19.8 Å². The van der Waals surface area contributed by atoms with Crippen LogP contribution in [0.1, 0.15) is 30.5 Å². The van der Waals surface area contributed by atoms with Crippen molar-refractivity contribution in [3.8, 4) is 22.3 Å². The molecule has 11 heteroatoms. The van der Waals surface area contributed by atoms with Gasteiger partial charge in [0.25, 0.3) is 5.89 Å². The number of aromatic nitrogens is 3. The fourth-order valence-electron chi connectivity index (χ4n) is 3.56. The van der Waals surface area contributed by atoms with Crippen LogP contribution in [0.3, 0.4) is 0 Å². The quantitative estimate of drug-likeness (QED) is 0.617. The maximum atomic E-state index is 13.3. The first-order valence-corrected chi connectivity index (χ1v) is 11.5. The van der Waals surface area contributed by atoms with Crippen molar-refractivity contribution in [1.82, 2.24) is 19.5 Å². The molecule has 2 aliphatic rings. The van der Waals surface area contributed by atoms with Crippen LogP contribution in [-0.4, -0.2) is 47.7 Å². The minimum Gasteiger partial charge on any atom is -0.486 e. The zero-order valence-electron chi connectivity index (χ0n) is 15.6. The van der Waals surface area contributed by atoms with Gasteiger partial charge in [-0.05, 0) is 31.9 Å². The lowest BCUT2D eigenvalue weighted by atomic mass is 10.2. The minimum absolute atomic E-state index is 0.159. The van der Waals surface area contributed by atoms with Gasteiger partial charge < -0.3 is 13.9 Å². The highest BCUT2D eigenvalue weighted by Gasteiger charge is 2.40. The van der Waals surface area contributed by atoms with Crippen molar-refractivity contribution < 1.29 is 22.3 Å². The molecule has 0 amide bonds. The van der Waals surface area contributed by atoms with Crippen molar-refractivity contribution in [3.63, 3.8) is 0 Å². The normalized spacial score (nSPS) is 19.6. The second-order valence-electron chi connectivity index (χ2n) is 6.79. The van der Waals surface area contributed by atoms with E-state index in [9.17, 15) is 8.42 Å². The van der Waals surface area contributed by atoms with Crippen molar-refractivity contribution >= 4 is 21.4 Å². The molecule has 0 saturated carbocycles. The molecule has 2 aromatic heterocycles. The van der Waals surface area contributed by atoms with Gasteiger partial charge in [-0.25, -0.2) is 13.4 Å². The Morgan fingerprint density at radius 1 is 1.17 bits per heavy atom. The van der Waals surface area contributed by atoms with Crippen molar-refractivity contribution in [2.45, 2.75) is 30.7 Å². The van der Waals surface area contributed by atoms with Crippen LogP contribution in [0.15, 0.2) is 33.0 Å². The molecule has 4 heterocycles. The molecule has 9 nitrogen and oxygen atoms in total. The Bertz CT molecular complexity index is 1160. The average molecular weight is 434 g/mol. The minimum atomic E-state index is -3.76. The van der Waals surface area contributed by atoms with Crippen LogP contribution in [0.25, 0.3) is 10.8 Å². The molecule has 5 rings (SSSR count). The molecule has 3 aromatic rings. The van der Waals surface area contributed by atoms with E-state index in [2.05, 4.69) is 15.2 Å². The highest BCUT2D eigenvalue weighted by Crippen LogP contribution is 2.39. The summed E-state index contributed by atoms with van der Waals surface area (Å²) in [5.41, 5.74) is 2.51. The Labute approximate surface area is 171 Å². The Morgan fingerprint density at radius 3 is 2.79 bits per heavy atom. The van der Waals surface area contributed by atoms with Gasteiger partial charge in [-0.1, -0.05) is 0 Å². The lowest BCUT2D eigenvalue weighted by molar-refractivity contribution is 0.171. The third kappa shape index (κ3) is 3.18. The van der Waals surface area contributed by atoms with E-state index in [-0.39, 0.29) is 4.90 Å². The number of fused-ring (bicyclic) bond motifs is 1. The van der Waals surface area contributed by atoms with Gasteiger partial charge in [0, 0.05) is 12.6 Å². The molecule has 0 bridgehead atoms. The summed E-state index contributed by atoms with van der Waals surface area (Å²) in [6, 6.07) is 4.18. The zero-order chi connectivity index (χ0) is 20.0. The molecule has 1 atom stereocenters. The Kier molecular flexibility index (Phi) is 4.52. The highest BCUT2D eigenvalue weighted by molar-refractivity contribution is 7.89. The maximum absolute atomic E-state index is 13.3. The van der Waals surface area contributed by atoms with Gasteiger partial charge in [0.1, 0.15) is 24.1 Å². The topological polar surface area (TPSA) is 108 Å². The molecule has 0 N–H and O–H groups in total. The molecule has 152 valence electrons. The third-order valence-corrected chi connectivity index (χ3v) is 7.81. The first kappa shape index (κ1) is 18.5. The van der Waals surface area contributed by atoms with Crippen LogP contribution >= 0.6 is 11.3 Å². The summed E-state index contributed by atoms with van der Waals surface area (Å²) in [5, 5.41) is 8.24. The molecular formula is C18H18N4O5S2. The second kappa shape index (κ2) is 7.08. The van der Waals surface area contributed by atoms with E-state index in [1.54, 1.807) is 11.6 Å². The maximum Gasteiger partial charge on any atom is 0.259 e. The van der Waals surface area contributed by atoms with Gasteiger partial charge in [0.15, 0.2) is 11.5 Å². The van der Waals surface area contributed by atoms with E-state index in [4.69, 9.17) is 13.9 Å². The van der Waals surface area contributed by atoms with E-state index in [1.165, 1.54) is 27.8 Å². The van der Waals surface area contributed by atoms with E-state index >= 15 is 0 Å². The molecule has 29 heavy (non-hydrogen) atoms.